The number of aryl methyl sites for hydroxylation is 1. The zero-order chi connectivity index (χ0) is 20.1. The first-order chi connectivity index (χ1) is 14.2. The molecule has 0 fully saturated rings. The molecule has 0 aliphatic heterocycles. The third-order valence-electron chi connectivity index (χ3n) is 4.57. The fourth-order valence-electron chi connectivity index (χ4n) is 3.09. The molecule has 5 heteroatoms. The number of amides is 1. The summed E-state index contributed by atoms with van der Waals surface area (Å²) >= 11 is 1.38. The number of thiazole rings is 1. The number of hydrogen-bond acceptors (Lipinski definition) is 3. The van der Waals surface area contributed by atoms with Crippen molar-refractivity contribution in [1.82, 2.24) is 4.98 Å². The van der Waals surface area contributed by atoms with Crippen molar-refractivity contribution in [3.8, 4) is 21.8 Å². The Morgan fingerprint density at radius 1 is 0.897 bits per heavy atom. The Kier molecular flexibility index (Phi) is 5.77. The van der Waals surface area contributed by atoms with Crippen LogP contribution in [0.4, 0.5) is 10.1 Å². The third kappa shape index (κ3) is 4.58. The van der Waals surface area contributed by atoms with Gasteiger partial charge in [0.05, 0.1) is 11.4 Å². The van der Waals surface area contributed by atoms with Gasteiger partial charge in [0, 0.05) is 22.9 Å². The lowest BCUT2D eigenvalue weighted by atomic mass is 10.1. The van der Waals surface area contributed by atoms with Gasteiger partial charge in [0.2, 0.25) is 5.91 Å². The topological polar surface area (TPSA) is 42.0 Å². The second-order valence-corrected chi connectivity index (χ2v) is 7.46. The predicted molar refractivity (Wildman–Crippen MR) is 116 cm³/mol. The molecule has 29 heavy (non-hydrogen) atoms. The molecule has 3 aromatic carbocycles. The summed E-state index contributed by atoms with van der Waals surface area (Å²) in [7, 11) is 0. The summed E-state index contributed by atoms with van der Waals surface area (Å²) in [5.74, 6) is -0.346. The largest absolute Gasteiger partial charge is 0.325 e. The lowest BCUT2D eigenvalue weighted by Crippen LogP contribution is -2.13. The lowest BCUT2D eigenvalue weighted by molar-refractivity contribution is -0.116. The number of anilines is 1. The van der Waals surface area contributed by atoms with E-state index in [0.29, 0.717) is 34.8 Å². The van der Waals surface area contributed by atoms with E-state index >= 15 is 0 Å². The van der Waals surface area contributed by atoms with Crippen LogP contribution in [0.5, 0.6) is 0 Å². The summed E-state index contributed by atoms with van der Waals surface area (Å²) in [6, 6.07) is 24.1. The van der Waals surface area contributed by atoms with Gasteiger partial charge in [-0.2, -0.15) is 0 Å². The average molecular weight is 402 g/mol. The monoisotopic (exact) mass is 402 g/mol. The Bertz CT molecular complexity index is 1120. The van der Waals surface area contributed by atoms with Gasteiger partial charge in [-0.05, 0) is 30.2 Å². The molecule has 1 N–H and O–H groups in total. The standard InChI is InChI=1S/C24H19FN2OS/c25-20-12-6-4-10-18(20)24-27-22(16-29-24)19-11-5-7-13-21(19)26-23(28)15-14-17-8-2-1-3-9-17/h1-13,16H,14-15H2,(H,26,28). The van der Waals surface area contributed by atoms with Crippen LogP contribution in [-0.4, -0.2) is 10.9 Å². The molecule has 3 nitrogen and oxygen atoms in total. The molecule has 1 amide bonds. The van der Waals surface area contributed by atoms with E-state index in [4.69, 9.17) is 0 Å². The van der Waals surface area contributed by atoms with Crippen LogP contribution in [0.25, 0.3) is 21.8 Å². The summed E-state index contributed by atoms with van der Waals surface area (Å²) in [5.41, 5.74) is 3.85. The molecule has 1 heterocycles. The maximum Gasteiger partial charge on any atom is 0.224 e. The average Bonchev–Trinajstić information content (AvgIpc) is 3.23. The quantitative estimate of drug-likeness (QED) is 0.418. The highest BCUT2D eigenvalue weighted by atomic mass is 32.1. The van der Waals surface area contributed by atoms with E-state index < -0.39 is 0 Å². The second-order valence-electron chi connectivity index (χ2n) is 6.60. The molecule has 1 aromatic heterocycles. The summed E-state index contributed by atoms with van der Waals surface area (Å²) in [5, 5.41) is 5.49. The van der Waals surface area contributed by atoms with Crippen LogP contribution >= 0.6 is 11.3 Å². The molecule has 4 aromatic rings. The van der Waals surface area contributed by atoms with E-state index in [2.05, 4.69) is 10.3 Å². The first-order valence-corrected chi connectivity index (χ1v) is 10.2. The highest BCUT2D eigenvalue weighted by molar-refractivity contribution is 7.13. The van der Waals surface area contributed by atoms with Gasteiger partial charge in [0.1, 0.15) is 10.8 Å². The summed E-state index contributed by atoms with van der Waals surface area (Å²) in [6.45, 7) is 0. The van der Waals surface area contributed by atoms with Gasteiger partial charge in [-0.25, -0.2) is 9.37 Å². The number of carbonyl (C=O) groups is 1. The number of aromatic nitrogens is 1. The molecule has 0 spiro atoms. The highest BCUT2D eigenvalue weighted by Gasteiger charge is 2.14. The van der Waals surface area contributed by atoms with Gasteiger partial charge < -0.3 is 5.32 Å². The van der Waals surface area contributed by atoms with Gasteiger partial charge in [0.15, 0.2) is 0 Å². The number of para-hydroxylation sites is 1. The summed E-state index contributed by atoms with van der Waals surface area (Å²) < 4.78 is 14.1. The highest BCUT2D eigenvalue weighted by Crippen LogP contribution is 2.33. The number of carbonyl (C=O) groups excluding carboxylic acids is 1. The number of benzene rings is 3. The van der Waals surface area contributed by atoms with Crippen LogP contribution < -0.4 is 5.32 Å². The van der Waals surface area contributed by atoms with Crippen molar-refractivity contribution in [3.63, 3.8) is 0 Å². The molecule has 144 valence electrons. The van der Waals surface area contributed by atoms with Gasteiger partial charge >= 0.3 is 0 Å². The van der Waals surface area contributed by atoms with Crippen LogP contribution in [0.3, 0.4) is 0 Å². The lowest BCUT2D eigenvalue weighted by Gasteiger charge is -2.10. The molecule has 0 radical (unpaired) electrons. The van der Waals surface area contributed by atoms with Crippen LogP contribution in [-0.2, 0) is 11.2 Å². The van der Waals surface area contributed by atoms with Crippen molar-refractivity contribution >= 4 is 22.9 Å². The minimum Gasteiger partial charge on any atom is -0.325 e. The fourth-order valence-corrected chi connectivity index (χ4v) is 3.93. The van der Waals surface area contributed by atoms with E-state index in [-0.39, 0.29) is 11.7 Å². The van der Waals surface area contributed by atoms with Gasteiger partial charge in [-0.15, -0.1) is 11.3 Å². The van der Waals surface area contributed by atoms with Gasteiger partial charge in [0.25, 0.3) is 0 Å². The zero-order valence-corrected chi connectivity index (χ0v) is 16.5. The Labute approximate surface area is 172 Å². The van der Waals surface area contributed by atoms with Crippen molar-refractivity contribution in [2.75, 3.05) is 5.32 Å². The molecule has 0 bridgehead atoms. The zero-order valence-electron chi connectivity index (χ0n) is 15.6. The smallest absolute Gasteiger partial charge is 0.224 e. The van der Waals surface area contributed by atoms with Gasteiger partial charge in [-0.1, -0.05) is 60.7 Å². The van der Waals surface area contributed by atoms with Crippen molar-refractivity contribution in [3.05, 3.63) is 95.6 Å². The maximum absolute atomic E-state index is 14.1. The van der Waals surface area contributed by atoms with E-state index in [1.54, 1.807) is 18.2 Å². The van der Waals surface area contributed by atoms with Crippen molar-refractivity contribution in [2.45, 2.75) is 12.8 Å². The molecule has 0 saturated carbocycles. The van der Waals surface area contributed by atoms with E-state index in [1.807, 2.05) is 60.0 Å². The normalized spacial score (nSPS) is 10.7. The molecule has 0 aliphatic carbocycles. The molecule has 4 rings (SSSR count). The molecular weight excluding hydrogens is 383 g/mol. The molecular formula is C24H19FN2OS. The Hall–Kier alpha value is -3.31. The van der Waals surface area contributed by atoms with Crippen molar-refractivity contribution in [1.29, 1.82) is 0 Å². The molecule has 0 saturated heterocycles. The van der Waals surface area contributed by atoms with Crippen LogP contribution in [0, 0.1) is 5.82 Å². The number of nitrogens with one attached hydrogen (secondary N) is 1. The van der Waals surface area contributed by atoms with Crippen molar-refractivity contribution < 1.29 is 9.18 Å². The number of nitrogens with zero attached hydrogens (tertiary/aromatic N) is 1. The number of halogens is 1. The van der Waals surface area contributed by atoms with E-state index in [0.717, 1.165) is 11.1 Å². The number of hydrogen-bond donors (Lipinski definition) is 1. The number of rotatable bonds is 6. The minimum absolute atomic E-state index is 0.0501. The molecule has 0 unspecified atom stereocenters. The van der Waals surface area contributed by atoms with Crippen molar-refractivity contribution in [2.24, 2.45) is 0 Å². The van der Waals surface area contributed by atoms with Crippen LogP contribution in [0.15, 0.2) is 84.2 Å². The predicted octanol–water partition coefficient (Wildman–Crippen LogP) is 6.19. The Morgan fingerprint density at radius 3 is 2.38 bits per heavy atom. The molecule has 0 atom stereocenters. The first kappa shape index (κ1) is 19.0. The fraction of sp³-hybridized carbons (Fsp3) is 0.0833. The third-order valence-corrected chi connectivity index (χ3v) is 5.44. The Morgan fingerprint density at radius 2 is 1.59 bits per heavy atom. The summed E-state index contributed by atoms with van der Waals surface area (Å²) in [4.78, 5) is 17.1. The second kappa shape index (κ2) is 8.80. The SMILES string of the molecule is O=C(CCc1ccccc1)Nc1ccccc1-c1csc(-c2ccccc2F)n1. The van der Waals surface area contributed by atoms with Crippen LogP contribution in [0.2, 0.25) is 0 Å². The van der Waals surface area contributed by atoms with E-state index in [9.17, 15) is 9.18 Å². The molecule has 0 aliphatic rings. The van der Waals surface area contributed by atoms with Crippen LogP contribution in [0.1, 0.15) is 12.0 Å². The maximum atomic E-state index is 14.1. The first-order valence-electron chi connectivity index (χ1n) is 9.34. The van der Waals surface area contributed by atoms with E-state index in [1.165, 1.54) is 17.4 Å². The van der Waals surface area contributed by atoms with Gasteiger partial charge in [-0.3, -0.25) is 4.79 Å². The summed E-state index contributed by atoms with van der Waals surface area (Å²) in [6.07, 6.45) is 1.08. The minimum atomic E-state index is -0.295. The Balaban J connectivity index is 1.52.